The monoisotopic (exact) mass is 421 g/mol. The Balaban J connectivity index is 1.38. The van der Waals surface area contributed by atoms with Crippen molar-refractivity contribution in [1.82, 2.24) is 25.5 Å². The van der Waals surface area contributed by atoms with E-state index in [9.17, 15) is 9.59 Å². The molecule has 0 atom stereocenters. The van der Waals surface area contributed by atoms with Crippen molar-refractivity contribution in [3.05, 3.63) is 65.5 Å². The molecular formula is C21H19N5O5. The largest absolute Gasteiger partial charge is 0.454 e. The van der Waals surface area contributed by atoms with E-state index < -0.39 is 18.5 Å². The first kappa shape index (κ1) is 20.1. The Morgan fingerprint density at radius 1 is 1.16 bits per heavy atom. The lowest BCUT2D eigenvalue weighted by Gasteiger charge is -2.10. The van der Waals surface area contributed by atoms with Gasteiger partial charge in [-0.2, -0.15) is 4.68 Å². The van der Waals surface area contributed by atoms with Gasteiger partial charge in [-0.15, -0.1) is 5.10 Å². The number of esters is 1. The molecular weight excluding hydrogens is 402 g/mol. The molecule has 1 aliphatic rings. The van der Waals surface area contributed by atoms with Crippen LogP contribution in [0.1, 0.15) is 17.0 Å². The quantitative estimate of drug-likeness (QED) is 0.451. The Bertz CT molecular complexity index is 1130. The van der Waals surface area contributed by atoms with Gasteiger partial charge in [-0.25, -0.2) is 4.79 Å². The Kier molecular flexibility index (Phi) is 5.88. The zero-order chi connectivity index (χ0) is 21.6. The third-order valence-electron chi connectivity index (χ3n) is 4.43. The van der Waals surface area contributed by atoms with E-state index in [1.165, 1.54) is 4.68 Å². The zero-order valence-corrected chi connectivity index (χ0v) is 16.6. The van der Waals surface area contributed by atoms with Gasteiger partial charge in [0.05, 0.1) is 0 Å². The second-order valence-corrected chi connectivity index (χ2v) is 6.62. The highest BCUT2D eigenvalue weighted by Crippen LogP contribution is 2.32. The number of aryl methyl sites for hydroxylation is 1. The summed E-state index contributed by atoms with van der Waals surface area (Å²) in [6.07, 6.45) is 1.59. The van der Waals surface area contributed by atoms with Crippen LogP contribution >= 0.6 is 0 Å². The second kappa shape index (κ2) is 9.08. The van der Waals surface area contributed by atoms with Crippen LogP contribution in [0.3, 0.4) is 0 Å². The third-order valence-corrected chi connectivity index (χ3v) is 4.43. The molecule has 10 heteroatoms. The van der Waals surface area contributed by atoms with Gasteiger partial charge in [-0.05, 0) is 46.7 Å². The van der Waals surface area contributed by atoms with Gasteiger partial charge in [0.15, 0.2) is 29.6 Å². The minimum Gasteiger partial charge on any atom is -0.454 e. The van der Waals surface area contributed by atoms with E-state index in [1.807, 2.05) is 36.4 Å². The molecule has 0 fully saturated rings. The molecule has 0 aliphatic carbocycles. The van der Waals surface area contributed by atoms with Crippen molar-refractivity contribution in [2.24, 2.45) is 0 Å². The van der Waals surface area contributed by atoms with Crippen LogP contribution in [0, 0.1) is 6.92 Å². The smallest absolute Gasteiger partial charge is 0.357 e. The highest BCUT2D eigenvalue weighted by Gasteiger charge is 2.19. The summed E-state index contributed by atoms with van der Waals surface area (Å²) in [6.45, 7) is 1.65. The lowest BCUT2D eigenvalue weighted by atomic mass is 10.2. The molecule has 2 heterocycles. The molecule has 0 unspecified atom stereocenters. The maximum atomic E-state index is 12.7. The van der Waals surface area contributed by atoms with Crippen LogP contribution in [0.5, 0.6) is 11.5 Å². The van der Waals surface area contributed by atoms with Gasteiger partial charge in [-0.3, -0.25) is 4.79 Å². The molecule has 1 N–H and O–H groups in total. The van der Waals surface area contributed by atoms with Gasteiger partial charge in [0.2, 0.25) is 6.79 Å². The van der Waals surface area contributed by atoms with Crippen LogP contribution in [0.25, 0.3) is 11.8 Å². The van der Waals surface area contributed by atoms with Gasteiger partial charge in [0, 0.05) is 6.54 Å². The van der Waals surface area contributed by atoms with E-state index >= 15 is 0 Å². The topological polar surface area (TPSA) is 117 Å². The fraction of sp³-hybridized carbons (Fsp3) is 0.190. The van der Waals surface area contributed by atoms with Crippen LogP contribution < -0.4 is 14.8 Å². The number of nitrogens with one attached hydrogen (secondary N) is 1. The number of tetrazole rings is 1. The molecule has 0 radical (unpaired) electrons. The number of carbonyl (C=O) groups excluding carboxylic acids is 2. The number of fused-ring (bicyclic) bond motifs is 1. The van der Waals surface area contributed by atoms with E-state index in [2.05, 4.69) is 20.8 Å². The Labute approximate surface area is 177 Å². The lowest BCUT2D eigenvalue weighted by Crippen LogP contribution is -2.29. The van der Waals surface area contributed by atoms with Crippen molar-refractivity contribution >= 4 is 23.6 Å². The van der Waals surface area contributed by atoms with Gasteiger partial charge < -0.3 is 19.5 Å². The summed E-state index contributed by atoms with van der Waals surface area (Å²) < 4.78 is 17.0. The van der Waals surface area contributed by atoms with E-state index in [0.717, 1.165) is 11.1 Å². The SMILES string of the molecule is Cc1nnnn1C(=Cc1ccccc1)C(=O)OCC(=O)NCc1ccc2c(c1)OCO2. The first-order chi connectivity index (χ1) is 15.1. The second-order valence-electron chi connectivity index (χ2n) is 6.62. The molecule has 10 nitrogen and oxygen atoms in total. The molecule has 0 saturated carbocycles. The molecule has 1 amide bonds. The van der Waals surface area contributed by atoms with Crippen molar-refractivity contribution in [3.63, 3.8) is 0 Å². The lowest BCUT2D eigenvalue weighted by molar-refractivity contribution is -0.143. The van der Waals surface area contributed by atoms with E-state index in [4.69, 9.17) is 14.2 Å². The van der Waals surface area contributed by atoms with Gasteiger partial charge in [0.25, 0.3) is 5.91 Å². The molecule has 158 valence electrons. The Morgan fingerprint density at radius 2 is 1.97 bits per heavy atom. The number of ether oxygens (including phenoxy) is 3. The molecule has 2 aromatic carbocycles. The van der Waals surface area contributed by atoms with Gasteiger partial charge >= 0.3 is 5.97 Å². The summed E-state index contributed by atoms with van der Waals surface area (Å²) in [6, 6.07) is 14.6. The van der Waals surface area contributed by atoms with Gasteiger partial charge in [-0.1, -0.05) is 36.4 Å². The zero-order valence-electron chi connectivity index (χ0n) is 16.6. The number of hydrogen-bond acceptors (Lipinski definition) is 8. The average molecular weight is 421 g/mol. The maximum Gasteiger partial charge on any atom is 0.357 e. The summed E-state index contributed by atoms with van der Waals surface area (Å²) in [5.41, 5.74) is 1.69. The van der Waals surface area contributed by atoms with Crippen molar-refractivity contribution in [1.29, 1.82) is 0 Å². The van der Waals surface area contributed by atoms with Crippen molar-refractivity contribution in [3.8, 4) is 11.5 Å². The Hall–Kier alpha value is -4.21. The standard InChI is InChI=1S/C21H19N5O5/c1-14-23-24-25-26(14)17(9-15-5-3-2-4-6-15)21(28)29-12-20(27)22-11-16-7-8-18-19(10-16)31-13-30-18/h2-10H,11-13H2,1H3,(H,22,27). The van der Waals surface area contributed by atoms with E-state index in [0.29, 0.717) is 17.3 Å². The predicted octanol–water partition coefficient (Wildman–Crippen LogP) is 1.57. The first-order valence-electron chi connectivity index (χ1n) is 9.44. The number of hydrogen-bond donors (Lipinski definition) is 1. The summed E-state index contributed by atoms with van der Waals surface area (Å²) in [4.78, 5) is 24.9. The van der Waals surface area contributed by atoms with E-state index in [1.54, 1.807) is 25.1 Å². The fourth-order valence-electron chi connectivity index (χ4n) is 2.88. The van der Waals surface area contributed by atoms with Crippen molar-refractivity contribution in [2.75, 3.05) is 13.4 Å². The van der Waals surface area contributed by atoms with Crippen LogP contribution in [0.15, 0.2) is 48.5 Å². The minimum absolute atomic E-state index is 0.0947. The number of nitrogens with zero attached hydrogens (tertiary/aromatic N) is 4. The average Bonchev–Trinajstić information content (AvgIpc) is 3.43. The number of amides is 1. The molecule has 3 aromatic rings. The highest BCUT2D eigenvalue weighted by atomic mass is 16.7. The molecule has 0 saturated heterocycles. The molecule has 0 bridgehead atoms. The van der Waals surface area contributed by atoms with Crippen LogP contribution in [-0.2, 0) is 20.9 Å². The van der Waals surface area contributed by atoms with Crippen LogP contribution in [-0.4, -0.2) is 45.5 Å². The fourth-order valence-corrected chi connectivity index (χ4v) is 2.88. The molecule has 4 rings (SSSR count). The molecule has 1 aliphatic heterocycles. The number of carbonyl (C=O) groups is 2. The van der Waals surface area contributed by atoms with Crippen molar-refractivity contribution < 1.29 is 23.8 Å². The normalized spacial score (nSPS) is 12.5. The number of rotatable bonds is 7. The summed E-state index contributed by atoms with van der Waals surface area (Å²) in [5, 5.41) is 13.9. The maximum absolute atomic E-state index is 12.7. The minimum atomic E-state index is -0.725. The number of benzene rings is 2. The molecule has 31 heavy (non-hydrogen) atoms. The molecule has 1 aromatic heterocycles. The van der Waals surface area contributed by atoms with Crippen LogP contribution in [0.2, 0.25) is 0 Å². The Morgan fingerprint density at radius 3 is 2.74 bits per heavy atom. The van der Waals surface area contributed by atoms with E-state index in [-0.39, 0.29) is 19.0 Å². The van der Waals surface area contributed by atoms with Crippen molar-refractivity contribution in [2.45, 2.75) is 13.5 Å². The van der Waals surface area contributed by atoms with Crippen LogP contribution in [0.4, 0.5) is 0 Å². The number of aromatic nitrogens is 4. The summed E-state index contributed by atoms with van der Waals surface area (Å²) in [7, 11) is 0. The molecule has 0 spiro atoms. The summed E-state index contributed by atoms with van der Waals surface area (Å²) >= 11 is 0. The highest BCUT2D eigenvalue weighted by molar-refractivity contribution is 6.15. The van der Waals surface area contributed by atoms with Gasteiger partial charge in [0.1, 0.15) is 0 Å². The summed E-state index contributed by atoms with van der Waals surface area (Å²) in [5.74, 6) is 0.535. The predicted molar refractivity (Wildman–Crippen MR) is 109 cm³/mol. The first-order valence-corrected chi connectivity index (χ1v) is 9.44. The third kappa shape index (κ3) is 4.86.